The van der Waals surface area contributed by atoms with Crippen LogP contribution >= 0.6 is 0 Å². The first kappa shape index (κ1) is 9.57. The van der Waals surface area contributed by atoms with Crippen molar-refractivity contribution in [3.05, 3.63) is 29.3 Å². The second-order valence-electron chi connectivity index (χ2n) is 4.40. The SMILES string of the molecule is Cc1c(N)cccc1C1CCCCC1. The lowest BCUT2D eigenvalue weighted by molar-refractivity contribution is 0.442. The number of rotatable bonds is 1. The Bertz CT molecular complexity index is 311. The van der Waals surface area contributed by atoms with Crippen LogP contribution in [0, 0.1) is 6.92 Å². The molecule has 76 valence electrons. The molecule has 1 aliphatic rings. The average Bonchev–Trinajstić information content (AvgIpc) is 2.23. The zero-order valence-electron chi connectivity index (χ0n) is 8.92. The number of benzene rings is 1. The molecule has 1 aliphatic carbocycles. The fourth-order valence-corrected chi connectivity index (χ4v) is 2.53. The molecule has 0 saturated heterocycles. The van der Waals surface area contributed by atoms with E-state index in [2.05, 4.69) is 19.1 Å². The standard InChI is InChI=1S/C13H19N/c1-10-12(8-5-9-13(10)14)11-6-3-2-4-7-11/h5,8-9,11H,2-4,6-7,14H2,1H3. The van der Waals surface area contributed by atoms with Crippen LogP contribution in [0.2, 0.25) is 0 Å². The van der Waals surface area contributed by atoms with Gasteiger partial charge in [0.2, 0.25) is 0 Å². The first-order valence-corrected chi connectivity index (χ1v) is 5.64. The van der Waals surface area contributed by atoms with E-state index >= 15 is 0 Å². The molecule has 0 aliphatic heterocycles. The second-order valence-corrected chi connectivity index (χ2v) is 4.40. The predicted octanol–water partition coefficient (Wildman–Crippen LogP) is 3.62. The molecule has 0 radical (unpaired) electrons. The minimum Gasteiger partial charge on any atom is -0.399 e. The number of nitrogen functional groups attached to an aromatic ring is 1. The van der Waals surface area contributed by atoms with E-state index in [0.717, 1.165) is 11.6 Å². The van der Waals surface area contributed by atoms with Gasteiger partial charge in [-0.25, -0.2) is 0 Å². The summed E-state index contributed by atoms with van der Waals surface area (Å²) in [5.41, 5.74) is 9.67. The van der Waals surface area contributed by atoms with E-state index in [9.17, 15) is 0 Å². The van der Waals surface area contributed by atoms with Gasteiger partial charge < -0.3 is 5.73 Å². The summed E-state index contributed by atoms with van der Waals surface area (Å²) in [5.74, 6) is 0.771. The van der Waals surface area contributed by atoms with Crippen LogP contribution in [0.25, 0.3) is 0 Å². The molecule has 0 atom stereocenters. The molecule has 0 heterocycles. The fourth-order valence-electron chi connectivity index (χ4n) is 2.53. The number of anilines is 1. The highest BCUT2D eigenvalue weighted by atomic mass is 14.6. The average molecular weight is 189 g/mol. The van der Waals surface area contributed by atoms with Gasteiger partial charge in [0, 0.05) is 5.69 Å². The van der Waals surface area contributed by atoms with Crippen molar-refractivity contribution in [1.82, 2.24) is 0 Å². The van der Waals surface area contributed by atoms with E-state index in [4.69, 9.17) is 5.73 Å². The summed E-state index contributed by atoms with van der Waals surface area (Å²) in [6.07, 6.45) is 6.89. The maximum Gasteiger partial charge on any atom is 0.0346 e. The summed E-state index contributed by atoms with van der Waals surface area (Å²) in [4.78, 5) is 0. The van der Waals surface area contributed by atoms with Crippen molar-refractivity contribution < 1.29 is 0 Å². The first-order chi connectivity index (χ1) is 6.79. The molecule has 1 aromatic rings. The Kier molecular flexibility index (Phi) is 2.76. The van der Waals surface area contributed by atoms with Gasteiger partial charge in [0.1, 0.15) is 0 Å². The van der Waals surface area contributed by atoms with Crippen LogP contribution in [0.5, 0.6) is 0 Å². The van der Waals surface area contributed by atoms with E-state index in [1.165, 1.54) is 43.2 Å². The third-order valence-electron chi connectivity index (χ3n) is 3.46. The molecule has 0 spiro atoms. The van der Waals surface area contributed by atoms with Crippen molar-refractivity contribution in [3.8, 4) is 0 Å². The van der Waals surface area contributed by atoms with Gasteiger partial charge in [0.15, 0.2) is 0 Å². The Morgan fingerprint density at radius 2 is 1.86 bits per heavy atom. The fraction of sp³-hybridized carbons (Fsp3) is 0.538. The van der Waals surface area contributed by atoms with Gasteiger partial charge in [-0.15, -0.1) is 0 Å². The Hall–Kier alpha value is -0.980. The number of hydrogen-bond donors (Lipinski definition) is 1. The van der Waals surface area contributed by atoms with Gasteiger partial charge in [0.25, 0.3) is 0 Å². The normalized spacial score (nSPS) is 18.4. The van der Waals surface area contributed by atoms with E-state index in [1.54, 1.807) is 0 Å². The Balaban J connectivity index is 2.26. The van der Waals surface area contributed by atoms with Gasteiger partial charge in [-0.2, -0.15) is 0 Å². The molecular weight excluding hydrogens is 170 g/mol. The van der Waals surface area contributed by atoms with E-state index in [-0.39, 0.29) is 0 Å². The maximum atomic E-state index is 5.93. The summed E-state index contributed by atoms with van der Waals surface area (Å²) in [6.45, 7) is 2.15. The molecule has 1 saturated carbocycles. The zero-order chi connectivity index (χ0) is 9.97. The van der Waals surface area contributed by atoms with Crippen LogP contribution in [-0.4, -0.2) is 0 Å². The lowest BCUT2D eigenvalue weighted by atomic mass is 9.82. The largest absolute Gasteiger partial charge is 0.399 e. The minimum atomic E-state index is 0.771. The van der Waals surface area contributed by atoms with Crippen molar-refractivity contribution in [1.29, 1.82) is 0 Å². The van der Waals surface area contributed by atoms with Crippen molar-refractivity contribution >= 4 is 5.69 Å². The topological polar surface area (TPSA) is 26.0 Å². The lowest BCUT2D eigenvalue weighted by Gasteiger charge is -2.24. The van der Waals surface area contributed by atoms with Crippen LogP contribution < -0.4 is 5.73 Å². The Morgan fingerprint density at radius 1 is 1.14 bits per heavy atom. The van der Waals surface area contributed by atoms with Gasteiger partial charge >= 0.3 is 0 Å². The van der Waals surface area contributed by atoms with Crippen LogP contribution in [0.15, 0.2) is 18.2 Å². The highest BCUT2D eigenvalue weighted by Crippen LogP contribution is 2.35. The van der Waals surface area contributed by atoms with E-state index in [1.807, 2.05) is 6.07 Å². The highest BCUT2D eigenvalue weighted by molar-refractivity contribution is 5.51. The summed E-state index contributed by atoms with van der Waals surface area (Å²) in [7, 11) is 0. The van der Waals surface area contributed by atoms with Gasteiger partial charge in [-0.3, -0.25) is 0 Å². The smallest absolute Gasteiger partial charge is 0.0346 e. The number of nitrogens with two attached hydrogens (primary N) is 1. The van der Waals surface area contributed by atoms with Crippen molar-refractivity contribution in [3.63, 3.8) is 0 Å². The first-order valence-electron chi connectivity index (χ1n) is 5.64. The molecule has 1 heteroatoms. The predicted molar refractivity (Wildman–Crippen MR) is 61.4 cm³/mol. The molecule has 2 N–H and O–H groups in total. The summed E-state index contributed by atoms with van der Waals surface area (Å²) in [6, 6.07) is 6.34. The molecule has 14 heavy (non-hydrogen) atoms. The molecule has 0 bridgehead atoms. The molecule has 0 aromatic heterocycles. The summed E-state index contributed by atoms with van der Waals surface area (Å²) in [5, 5.41) is 0. The van der Waals surface area contributed by atoms with Crippen LogP contribution in [0.1, 0.15) is 49.1 Å². The summed E-state index contributed by atoms with van der Waals surface area (Å²) >= 11 is 0. The van der Waals surface area contributed by atoms with E-state index < -0.39 is 0 Å². The van der Waals surface area contributed by atoms with Crippen molar-refractivity contribution in [2.75, 3.05) is 5.73 Å². The third-order valence-corrected chi connectivity index (χ3v) is 3.46. The highest BCUT2D eigenvalue weighted by Gasteiger charge is 2.17. The molecule has 0 unspecified atom stereocenters. The molecule has 1 fully saturated rings. The minimum absolute atomic E-state index is 0.771. The molecule has 1 nitrogen and oxygen atoms in total. The van der Waals surface area contributed by atoms with Crippen molar-refractivity contribution in [2.45, 2.75) is 44.9 Å². The maximum absolute atomic E-state index is 5.93. The third kappa shape index (κ3) is 1.77. The lowest BCUT2D eigenvalue weighted by Crippen LogP contribution is -2.07. The monoisotopic (exact) mass is 189 g/mol. The molecule has 1 aromatic carbocycles. The van der Waals surface area contributed by atoms with Crippen molar-refractivity contribution in [2.24, 2.45) is 0 Å². The zero-order valence-corrected chi connectivity index (χ0v) is 8.92. The summed E-state index contributed by atoms with van der Waals surface area (Å²) < 4.78 is 0. The molecule has 2 rings (SSSR count). The van der Waals surface area contributed by atoms with Crippen LogP contribution in [-0.2, 0) is 0 Å². The second kappa shape index (κ2) is 4.04. The quantitative estimate of drug-likeness (QED) is 0.671. The molecule has 0 amide bonds. The van der Waals surface area contributed by atoms with Crippen LogP contribution in [0.4, 0.5) is 5.69 Å². The van der Waals surface area contributed by atoms with Crippen LogP contribution in [0.3, 0.4) is 0 Å². The Morgan fingerprint density at radius 3 is 2.57 bits per heavy atom. The van der Waals surface area contributed by atoms with Gasteiger partial charge in [-0.05, 0) is 42.9 Å². The van der Waals surface area contributed by atoms with Gasteiger partial charge in [0.05, 0.1) is 0 Å². The van der Waals surface area contributed by atoms with Gasteiger partial charge in [-0.1, -0.05) is 31.4 Å². The Labute approximate surface area is 86.3 Å². The van der Waals surface area contributed by atoms with E-state index in [0.29, 0.717) is 0 Å². The number of hydrogen-bond acceptors (Lipinski definition) is 1. The molecular formula is C13H19N.